The van der Waals surface area contributed by atoms with Crippen LogP contribution in [0, 0.1) is 6.92 Å². The van der Waals surface area contributed by atoms with Crippen molar-refractivity contribution in [3.63, 3.8) is 0 Å². The van der Waals surface area contributed by atoms with Crippen molar-refractivity contribution in [3.05, 3.63) is 46.2 Å². The highest BCUT2D eigenvalue weighted by Crippen LogP contribution is 2.21. The van der Waals surface area contributed by atoms with Crippen LogP contribution in [-0.2, 0) is 16.6 Å². The lowest BCUT2D eigenvalue weighted by Gasteiger charge is -2.05. The van der Waals surface area contributed by atoms with E-state index in [2.05, 4.69) is 0 Å². The van der Waals surface area contributed by atoms with E-state index in [-0.39, 0.29) is 0 Å². The Morgan fingerprint density at radius 3 is 2.88 bits per heavy atom. The van der Waals surface area contributed by atoms with E-state index < -0.39 is 10.8 Å². The Morgan fingerprint density at radius 2 is 2.19 bits per heavy atom. The molecule has 0 fully saturated rings. The minimum absolute atomic E-state index is 0.571. The van der Waals surface area contributed by atoms with Gasteiger partial charge in [0.2, 0.25) is 0 Å². The molecule has 0 spiro atoms. The largest absolute Gasteiger partial charge is 0.399 e. The molecule has 1 heterocycles. The highest BCUT2D eigenvalue weighted by atomic mass is 32.2. The summed E-state index contributed by atoms with van der Waals surface area (Å²) in [5.41, 5.74) is 7.41. The summed E-state index contributed by atoms with van der Waals surface area (Å²) >= 11 is 1.63. The van der Waals surface area contributed by atoms with Crippen molar-refractivity contribution in [3.8, 4) is 0 Å². The van der Waals surface area contributed by atoms with Crippen LogP contribution < -0.4 is 5.73 Å². The normalized spacial score (nSPS) is 12.6. The van der Waals surface area contributed by atoms with E-state index in [9.17, 15) is 4.21 Å². The van der Waals surface area contributed by atoms with Crippen molar-refractivity contribution >= 4 is 27.8 Å². The Morgan fingerprint density at radius 1 is 1.38 bits per heavy atom. The first kappa shape index (κ1) is 11.4. The van der Waals surface area contributed by atoms with E-state index in [1.165, 1.54) is 0 Å². The van der Waals surface area contributed by atoms with Gasteiger partial charge >= 0.3 is 0 Å². The fourth-order valence-electron chi connectivity index (χ4n) is 1.46. The molecule has 0 radical (unpaired) electrons. The maximum absolute atomic E-state index is 12.1. The zero-order valence-electron chi connectivity index (χ0n) is 8.97. The molecule has 2 N–H and O–H groups in total. The lowest BCUT2D eigenvalue weighted by atomic mass is 10.2. The molecule has 2 nitrogen and oxygen atoms in total. The van der Waals surface area contributed by atoms with Gasteiger partial charge in [-0.2, -0.15) is 0 Å². The fraction of sp³-hybridized carbons (Fsp3) is 0.167. The average Bonchev–Trinajstić information content (AvgIpc) is 2.74. The van der Waals surface area contributed by atoms with Crippen LogP contribution in [0.25, 0.3) is 0 Å². The number of benzene rings is 1. The maximum Gasteiger partial charge on any atom is 0.0626 e. The van der Waals surface area contributed by atoms with E-state index in [1.54, 1.807) is 17.4 Å². The molecular weight excluding hydrogens is 238 g/mol. The van der Waals surface area contributed by atoms with Gasteiger partial charge in [0.1, 0.15) is 0 Å². The van der Waals surface area contributed by atoms with Gasteiger partial charge in [-0.25, -0.2) is 0 Å². The molecule has 0 saturated carbocycles. The SMILES string of the molecule is Cc1ccc(N)cc1S(=O)Cc1cccs1. The Balaban J connectivity index is 2.24. The molecule has 4 heteroatoms. The summed E-state index contributed by atoms with van der Waals surface area (Å²) in [6, 6.07) is 9.53. The van der Waals surface area contributed by atoms with Gasteiger partial charge in [-0.05, 0) is 36.1 Å². The molecule has 0 aliphatic carbocycles. The fourth-order valence-corrected chi connectivity index (χ4v) is 3.75. The zero-order chi connectivity index (χ0) is 11.5. The first-order chi connectivity index (χ1) is 7.66. The second-order valence-electron chi connectivity index (χ2n) is 3.59. The van der Waals surface area contributed by atoms with Crippen LogP contribution in [-0.4, -0.2) is 4.21 Å². The van der Waals surface area contributed by atoms with Crippen LogP contribution in [0.4, 0.5) is 5.69 Å². The van der Waals surface area contributed by atoms with Crippen molar-refractivity contribution in [1.82, 2.24) is 0 Å². The topological polar surface area (TPSA) is 43.1 Å². The molecule has 0 aliphatic heterocycles. The summed E-state index contributed by atoms with van der Waals surface area (Å²) in [5, 5.41) is 2.00. The van der Waals surface area contributed by atoms with Gasteiger partial charge in [-0.15, -0.1) is 11.3 Å². The Kier molecular flexibility index (Phi) is 3.41. The molecule has 2 aromatic rings. The monoisotopic (exact) mass is 251 g/mol. The molecule has 0 amide bonds. The number of hydrogen-bond donors (Lipinski definition) is 1. The molecule has 1 unspecified atom stereocenters. The number of anilines is 1. The number of hydrogen-bond acceptors (Lipinski definition) is 3. The molecule has 0 aliphatic rings. The third-order valence-corrected chi connectivity index (χ3v) is 4.87. The van der Waals surface area contributed by atoms with Crippen LogP contribution in [0.2, 0.25) is 0 Å². The van der Waals surface area contributed by atoms with Crippen molar-refractivity contribution in [1.29, 1.82) is 0 Å². The molecule has 1 aromatic carbocycles. The Bertz CT molecular complexity index is 506. The van der Waals surface area contributed by atoms with E-state index in [1.807, 2.05) is 36.6 Å². The van der Waals surface area contributed by atoms with Crippen LogP contribution in [0.15, 0.2) is 40.6 Å². The van der Waals surface area contributed by atoms with Gasteiger partial charge in [0.15, 0.2) is 0 Å². The van der Waals surface area contributed by atoms with E-state index >= 15 is 0 Å². The van der Waals surface area contributed by atoms with Gasteiger partial charge in [-0.1, -0.05) is 12.1 Å². The molecule has 1 atom stereocenters. The third-order valence-electron chi connectivity index (χ3n) is 2.31. The molecule has 84 valence electrons. The predicted molar refractivity (Wildman–Crippen MR) is 70.0 cm³/mol. The first-order valence-electron chi connectivity index (χ1n) is 4.93. The number of rotatable bonds is 3. The summed E-state index contributed by atoms with van der Waals surface area (Å²) in [4.78, 5) is 1.98. The van der Waals surface area contributed by atoms with Crippen LogP contribution in [0.5, 0.6) is 0 Å². The van der Waals surface area contributed by atoms with Gasteiger partial charge in [0, 0.05) is 15.5 Å². The van der Waals surface area contributed by atoms with Crippen LogP contribution in [0.1, 0.15) is 10.4 Å². The quantitative estimate of drug-likeness (QED) is 0.852. The third kappa shape index (κ3) is 2.51. The summed E-state index contributed by atoms with van der Waals surface area (Å²) in [7, 11) is -1.00. The molecular formula is C12H13NOS2. The molecule has 16 heavy (non-hydrogen) atoms. The van der Waals surface area contributed by atoms with E-state index in [0.29, 0.717) is 11.4 Å². The average molecular weight is 251 g/mol. The minimum Gasteiger partial charge on any atom is -0.399 e. The second-order valence-corrected chi connectivity index (χ2v) is 6.05. The standard InChI is InChI=1S/C12H13NOS2/c1-9-4-5-10(13)7-12(9)16(14)8-11-3-2-6-15-11/h2-7H,8,13H2,1H3. The molecule has 0 bridgehead atoms. The van der Waals surface area contributed by atoms with Gasteiger partial charge in [-0.3, -0.25) is 4.21 Å². The Labute approximate surface area is 102 Å². The van der Waals surface area contributed by atoms with E-state index in [0.717, 1.165) is 15.3 Å². The summed E-state index contributed by atoms with van der Waals surface area (Å²) in [6.45, 7) is 1.96. The highest BCUT2D eigenvalue weighted by Gasteiger charge is 2.09. The van der Waals surface area contributed by atoms with Crippen molar-refractivity contribution in [2.24, 2.45) is 0 Å². The minimum atomic E-state index is -1.00. The van der Waals surface area contributed by atoms with Crippen LogP contribution >= 0.6 is 11.3 Å². The number of aryl methyl sites for hydroxylation is 1. The molecule has 1 aromatic heterocycles. The van der Waals surface area contributed by atoms with Crippen molar-refractivity contribution in [2.45, 2.75) is 17.6 Å². The number of nitrogen functional groups attached to an aromatic ring is 1. The highest BCUT2D eigenvalue weighted by molar-refractivity contribution is 7.84. The van der Waals surface area contributed by atoms with Crippen molar-refractivity contribution in [2.75, 3.05) is 5.73 Å². The van der Waals surface area contributed by atoms with Crippen molar-refractivity contribution < 1.29 is 4.21 Å². The van der Waals surface area contributed by atoms with Gasteiger partial charge in [0.05, 0.1) is 16.6 Å². The smallest absolute Gasteiger partial charge is 0.0626 e. The Hall–Kier alpha value is -1.13. The van der Waals surface area contributed by atoms with E-state index in [4.69, 9.17) is 5.73 Å². The predicted octanol–water partition coefficient (Wildman–Crippen LogP) is 2.95. The summed E-state index contributed by atoms with van der Waals surface area (Å²) in [6.07, 6.45) is 0. The lowest BCUT2D eigenvalue weighted by Crippen LogP contribution is -1.99. The summed E-state index contributed by atoms with van der Waals surface area (Å²) < 4.78 is 12.1. The number of thiophene rings is 1. The first-order valence-corrected chi connectivity index (χ1v) is 7.13. The van der Waals surface area contributed by atoms with Gasteiger partial charge in [0.25, 0.3) is 0 Å². The zero-order valence-corrected chi connectivity index (χ0v) is 10.6. The number of nitrogens with two attached hydrogens (primary N) is 1. The second kappa shape index (κ2) is 4.80. The summed E-state index contributed by atoms with van der Waals surface area (Å²) in [5.74, 6) is 0.571. The maximum atomic E-state index is 12.1. The van der Waals surface area contributed by atoms with Gasteiger partial charge < -0.3 is 5.73 Å². The lowest BCUT2D eigenvalue weighted by molar-refractivity contribution is 0.682. The van der Waals surface area contributed by atoms with Crippen LogP contribution in [0.3, 0.4) is 0 Å². The molecule has 0 saturated heterocycles. The molecule has 2 rings (SSSR count).